The summed E-state index contributed by atoms with van der Waals surface area (Å²) in [5.74, 6) is 0.679. The lowest BCUT2D eigenvalue weighted by atomic mass is 10.1. The maximum absolute atomic E-state index is 12.0. The molecule has 0 saturated heterocycles. The highest BCUT2D eigenvalue weighted by molar-refractivity contribution is 7.09. The van der Waals surface area contributed by atoms with Crippen molar-refractivity contribution in [2.45, 2.75) is 19.9 Å². The van der Waals surface area contributed by atoms with Crippen LogP contribution in [0.1, 0.15) is 34.4 Å². The Labute approximate surface area is 159 Å². The summed E-state index contributed by atoms with van der Waals surface area (Å²) in [6, 6.07) is 10.6. The molecule has 3 aromatic heterocycles. The number of nitrogens with one attached hydrogen (secondary N) is 1. The van der Waals surface area contributed by atoms with E-state index in [1.165, 1.54) is 6.26 Å². The molecule has 0 spiro atoms. The summed E-state index contributed by atoms with van der Waals surface area (Å²) in [6.07, 6.45) is 1.45. The summed E-state index contributed by atoms with van der Waals surface area (Å²) in [4.78, 5) is 20.9. The highest BCUT2D eigenvalue weighted by atomic mass is 32.1. The van der Waals surface area contributed by atoms with Gasteiger partial charge in [-0.2, -0.15) is 4.98 Å². The van der Waals surface area contributed by atoms with Gasteiger partial charge in [0.1, 0.15) is 6.04 Å². The molecule has 0 aliphatic rings. The molecule has 0 bridgehead atoms. The third-order valence-electron chi connectivity index (χ3n) is 3.96. The number of nitrogens with zero attached hydrogens (tertiary/aromatic N) is 3. The SMILES string of the molecule is Cc1nc(-c2ccc(-c3noc([C@@H](C)NC(=O)c4ccco4)n3)cc2)cs1. The molecule has 0 fully saturated rings. The number of rotatable bonds is 5. The summed E-state index contributed by atoms with van der Waals surface area (Å²) in [7, 11) is 0. The van der Waals surface area contributed by atoms with Crippen LogP contribution < -0.4 is 5.32 Å². The quantitative estimate of drug-likeness (QED) is 0.556. The zero-order valence-corrected chi connectivity index (χ0v) is 15.5. The molecule has 1 amide bonds. The van der Waals surface area contributed by atoms with E-state index in [2.05, 4.69) is 20.4 Å². The van der Waals surface area contributed by atoms with Crippen molar-refractivity contribution in [3.63, 3.8) is 0 Å². The van der Waals surface area contributed by atoms with Crippen LogP contribution in [0.4, 0.5) is 0 Å². The van der Waals surface area contributed by atoms with Gasteiger partial charge in [0.15, 0.2) is 5.76 Å². The highest BCUT2D eigenvalue weighted by Crippen LogP contribution is 2.25. The Hall–Kier alpha value is -3.26. The van der Waals surface area contributed by atoms with E-state index in [1.807, 2.05) is 36.6 Å². The summed E-state index contributed by atoms with van der Waals surface area (Å²) in [5, 5.41) is 9.83. The van der Waals surface area contributed by atoms with E-state index in [4.69, 9.17) is 8.94 Å². The van der Waals surface area contributed by atoms with E-state index in [1.54, 1.807) is 30.4 Å². The topological polar surface area (TPSA) is 94.1 Å². The Morgan fingerprint density at radius 3 is 2.59 bits per heavy atom. The van der Waals surface area contributed by atoms with Crippen molar-refractivity contribution in [1.29, 1.82) is 0 Å². The smallest absolute Gasteiger partial charge is 0.287 e. The minimum Gasteiger partial charge on any atom is -0.459 e. The van der Waals surface area contributed by atoms with E-state index in [0.29, 0.717) is 11.7 Å². The molecular weight excluding hydrogens is 364 g/mol. The van der Waals surface area contributed by atoms with Crippen LogP contribution >= 0.6 is 11.3 Å². The number of carbonyl (C=O) groups excluding carboxylic acids is 1. The van der Waals surface area contributed by atoms with Crippen LogP contribution in [0.5, 0.6) is 0 Å². The van der Waals surface area contributed by atoms with E-state index in [9.17, 15) is 4.79 Å². The van der Waals surface area contributed by atoms with Crippen molar-refractivity contribution in [1.82, 2.24) is 20.4 Å². The maximum Gasteiger partial charge on any atom is 0.287 e. The molecule has 3 heterocycles. The standard InChI is InChI=1S/C19H16N4O3S/c1-11(20-18(24)16-4-3-9-25-16)19-22-17(23-26-19)14-7-5-13(6-8-14)15-10-27-12(2)21-15/h3-11H,1-2H3,(H,20,24)/t11-/m1/s1. The van der Waals surface area contributed by atoms with Gasteiger partial charge < -0.3 is 14.3 Å². The van der Waals surface area contributed by atoms with Crippen molar-refractivity contribution in [2.75, 3.05) is 0 Å². The molecule has 1 atom stereocenters. The van der Waals surface area contributed by atoms with Crippen molar-refractivity contribution in [3.05, 3.63) is 64.7 Å². The molecule has 0 aliphatic carbocycles. The fourth-order valence-electron chi connectivity index (χ4n) is 2.55. The van der Waals surface area contributed by atoms with E-state index in [-0.39, 0.29) is 11.7 Å². The molecule has 4 aromatic rings. The second-order valence-corrected chi connectivity index (χ2v) is 7.02. The number of benzene rings is 1. The molecule has 0 unspecified atom stereocenters. The second kappa shape index (κ2) is 7.16. The third-order valence-corrected chi connectivity index (χ3v) is 4.74. The fraction of sp³-hybridized carbons (Fsp3) is 0.158. The molecule has 8 heteroatoms. The number of amides is 1. The van der Waals surface area contributed by atoms with Gasteiger partial charge in [-0.1, -0.05) is 29.4 Å². The monoisotopic (exact) mass is 380 g/mol. The Morgan fingerprint density at radius 1 is 1.15 bits per heavy atom. The second-order valence-electron chi connectivity index (χ2n) is 5.96. The van der Waals surface area contributed by atoms with Crippen molar-refractivity contribution in [3.8, 4) is 22.6 Å². The Kier molecular flexibility index (Phi) is 4.55. The first-order chi connectivity index (χ1) is 13.1. The van der Waals surface area contributed by atoms with Gasteiger partial charge in [-0.05, 0) is 26.0 Å². The first-order valence-electron chi connectivity index (χ1n) is 8.31. The average Bonchev–Trinajstić information content (AvgIpc) is 3.43. The van der Waals surface area contributed by atoms with Gasteiger partial charge in [-0.3, -0.25) is 4.79 Å². The normalized spacial score (nSPS) is 12.1. The Balaban J connectivity index is 1.48. The number of hydrogen-bond donors (Lipinski definition) is 1. The number of aryl methyl sites for hydroxylation is 1. The summed E-state index contributed by atoms with van der Waals surface area (Å²) < 4.78 is 10.4. The number of carbonyl (C=O) groups is 1. The lowest BCUT2D eigenvalue weighted by Gasteiger charge is -2.07. The van der Waals surface area contributed by atoms with Crippen LogP contribution in [0, 0.1) is 6.92 Å². The molecule has 136 valence electrons. The first kappa shape index (κ1) is 17.2. The van der Waals surface area contributed by atoms with E-state index in [0.717, 1.165) is 21.8 Å². The predicted octanol–water partition coefficient (Wildman–Crippen LogP) is 4.25. The first-order valence-corrected chi connectivity index (χ1v) is 9.19. The number of thiazole rings is 1. The Morgan fingerprint density at radius 2 is 1.93 bits per heavy atom. The van der Waals surface area contributed by atoms with Gasteiger partial charge in [0.2, 0.25) is 11.7 Å². The fourth-order valence-corrected chi connectivity index (χ4v) is 3.17. The molecular formula is C19H16N4O3S. The molecule has 4 rings (SSSR count). The summed E-state index contributed by atoms with van der Waals surface area (Å²) in [5.41, 5.74) is 2.81. The third kappa shape index (κ3) is 3.65. The molecule has 1 aromatic carbocycles. The van der Waals surface area contributed by atoms with Gasteiger partial charge in [-0.15, -0.1) is 11.3 Å². The zero-order chi connectivity index (χ0) is 18.8. The minimum atomic E-state index is -0.443. The van der Waals surface area contributed by atoms with Crippen LogP contribution in [0.3, 0.4) is 0 Å². The van der Waals surface area contributed by atoms with Gasteiger partial charge in [0.05, 0.1) is 17.0 Å². The number of furan rings is 1. The average molecular weight is 380 g/mol. The Bertz CT molecular complexity index is 1050. The largest absolute Gasteiger partial charge is 0.459 e. The van der Waals surface area contributed by atoms with E-state index >= 15 is 0 Å². The van der Waals surface area contributed by atoms with E-state index < -0.39 is 6.04 Å². The van der Waals surface area contributed by atoms with Crippen molar-refractivity contribution < 1.29 is 13.7 Å². The molecule has 1 N–H and O–H groups in total. The van der Waals surface area contributed by atoms with Crippen LogP contribution in [-0.4, -0.2) is 21.0 Å². The van der Waals surface area contributed by atoms with Crippen molar-refractivity contribution in [2.24, 2.45) is 0 Å². The molecule has 0 saturated carbocycles. The molecule has 7 nitrogen and oxygen atoms in total. The maximum atomic E-state index is 12.0. The molecule has 0 radical (unpaired) electrons. The predicted molar refractivity (Wildman–Crippen MR) is 100 cm³/mol. The molecule has 0 aliphatic heterocycles. The van der Waals surface area contributed by atoms with Gasteiger partial charge in [0.25, 0.3) is 5.91 Å². The lowest BCUT2D eigenvalue weighted by Crippen LogP contribution is -2.26. The van der Waals surface area contributed by atoms with Crippen LogP contribution in [-0.2, 0) is 0 Å². The van der Waals surface area contributed by atoms with Crippen LogP contribution in [0.2, 0.25) is 0 Å². The minimum absolute atomic E-state index is 0.231. The summed E-state index contributed by atoms with van der Waals surface area (Å²) in [6.45, 7) is 3.75. The zero-order valence-electron chi connectivity index (χ0n) is 14.7. The lowest BCUT2D eigenvalue weighted by molar-refractivity contribution is 0.0904. The van der Waals surface area contributed by atoms with Gasteiger partial charge >= 0.3 is 0 Å². The number of aromatic nitrogens is 3. The molecule has 27 heavy (non-hydrogen) atoms. The number of hydrogen-bond acceptors (Lipinski definition) is 7. The van der Waals surface area contributed by atoms with Gasteiger partial charge in [-0.25, -0.2) is 4.98 Å². The highest BCUT2D eigenvalue weighted by Gasteiger charge is 2.19. The van der Waals surface area contributed by atoms with Crippen LogP contribution in [0.25, 0.3) is 22.6 Å². The van der Waals surface area contributed by atoms with Gasteiger partial charge in [0, 0.05) is 16.5 Å². The summed E-state index contributed by atoms with van der Waals surface area (Å²) >= 11 is 1.62. The van der Waals surface area contributed by atoms with Crippen molar-refractivity contribution >= 4 is 17.2 Å². The van der Waals surface area contributed by atoms with Crippen LogP contribution in [0.15, 0.2) is 57.0 Å².